The van der Waals surface area contributed by atoms with Crippen LogP contribution in [0.3, 0.4) is 0 Å². The zero-order chi connectivity index (χ0) is 16.9. The molecule has 1 aliphatic heterocycles. The molecule has 0 spiro atoms. The van der Waals surface area contributed by atoms with E-state index in [1.807, 2.05) is 24.8 Å². The number of amides is 1. The van der Waals surface area contributed by atoms with Crippen LogP contribution in [0.15, 0.2) is 23.1 Å². The average Bonchev–Trinajstić information content (AvgIpc) is 3.10. The summed E-state index contributed by atoms with van der Waals surface area (Å²) >= 11 is 0. The summed E-state index contributed by atoms with van der Waals surface area (Å²) in [6.07, 6.45) is 6.27. The molecule has 0 bridgehead atoms. The van der Waals surface area contributed by atoms with Crippen molar-refractivity contribution in [3.8, 4) is 0 Å². The van der Waals surface area contributed by atoms with Crippen molar-refractivity contribution in [2.24, 2.45) is 0 Å². The van der Waals surface area contributed by atoms with Crippen LogP contribution < -0.4 is 0 Å². The van der Waals surface area contributed by atoms with E-state index in [2.05, 4.69) is 20.1 Å². The summed E-state index contributed by atoms with van der Waals surface area (Å²) in [7, 11) is 0. The average molecular weight is 329 g/mol. The summed E-state index contributed by atoms with van der Waals surface area (Å²) in [5.74, 6) is 1.89. The number of carbonyl (C=O) groups is 1. The molecule has 1 aliphatic rings. The summed E-state index contributed by atoms with van der Waals surface area (Å²) in [4.78, 5) is 27.0. The van der Waals surface area contributed by atoms with Gasteiger partial charge in [-0.25, -0.2) is 9.97 Å². The highest BCUT2D eigenvalue weighted by Gasteiger charge is 2.25. The Kier molecular flexibility index (Phi) is 5.17. The third-order valence-electron chi connectivity index (χ3n) is 4.35. The molecule has 24 heavy (non-hydrogen) atoms. The fourth-order valence-electron chi connectivity index (χ4n) is 2.96. The van der Waals surface area contributed by atoms with Gasteiger partial charge in [0.05, 0.1) is 0 Å². The van der Waals surface area contributed by atoms with Crippen LogP contribution in [-0.4, -0.2) is 44.0 Å². The monoisotopic (exact) mass is 329 g/mol. The van der Waals surface area contributed by atoms with Crippen molar-refractivity contribution < 1.29 is 9.32 Å². The zero-order valence-electron chi connectivity index (χ0n) is 14.2. The Bertz CT molecular complexity index is 671. The molecule has 1 amide bonds. The van der Waals surface area contributed by atoms with Crippen molar-refractivity contribution in [1.29, 1.82) is 0 Å². The van der Waals surface area contributed by atoms with Crippen molar-refractivity contribution in [3.63, 3.8) is 0 Å². The minimum Gasteiger partial charge on any atom is -0.342 e. The van der Waals surface area contributed by atoms with Crippen LogP contribution in [-0.2, 0) is 11.2 Å². The third-order valence-corrected chi connectivity index (χ3v) is 4.35. The third kappa shape index (κ3) is 3.96. The number of carbonyl (C=O) groups excluding carboxylic acids is 1. The zero-order valence-corrected chi connectivity index (χ0v) is 14.2. The SMILES string of the molecule is CC(C)c1noc(CCC(=O)N2CCCC(c3ccncn3)C2)n1. The fourth-order valence-corrected chi connectivity index (χ4v) is 2.96. The maximum absolute atomic E-state index is 12.5. The number of hydrogen-bond acceptors (Lipinski definition) is 6. The Morgan fingerprint density at radius 3 is 3.04 bits per heavy atom. The van der Waals surface area contributed by atoms with Gasteiger partial charge in [0.2, 0.25) is 11.8 Å². The minimum atomic E-state index is 0.137. The lowest BCUT2D eigenvalue weighted by Gasteiger charge is -2.32. The quantitative estimate of drug-likeness (QED) is 0.837. The fraction of sp³-hybridized carbons (Fsp3) is 0.588. The molecule has 2 aromatic heterocycles. The minimum absolute atomic E-state index is 0.137. The van der Waals surface area contributed by atoms with Gasteiger partial charge in [0.15, 0.2) is 5.82 Å². The molecule has 1 atom stereocenters. The van der Waals surface area contributed by atoms with E-state index >= 15 is 0 Å². The molecule has 0 aromatic carbocycles. The van der Waals surface area contributed by atoms with Crippen LogP contribution in [0, 0.1) is 0 Å². The molecule has 1 saturated heterocycles. The Labute approximate surface area is 141 Å². The summed E-state index contributed by atoms with van der Waals surface area (Å²) in [6, 6.07) is 1.94. The van der Waals surface area contributed by atoms with Gasteiger partial charge in [-0.3, -0.25) is 4.79 Å². The lowest BCUT2D eigenvalue weighted by atomic mass is 9.94. The van der Waals surface area contributed by atoms with Crippen LogP contribution in [0.4, 0.5) is 0 Å². The molecule has 0 radical (unpaired) electrons. The predicted octanol–water partition coefficient (Wildman–Crippen LogP) is 2.32. The first-order valence-corrected chi connectivity index (χ1v) is 8.49. The molecule has 3 rings (SSSR count). The van der Waals surface area contributed by atoms with Gasteiger partial charge >= 0.3 is 0 Å². The number of hydrogen-bond donors (Lipinski definition) is 0. The molecule has 1 fully saturated rings. The summed E-state index contributed by atoms with van der Waals surface area (Å²) in [5, 5.41) is 3.93. The van der Waals surface area contributed by atoms with E-state index in [1.54, 1.807) is 12.5 Å². The summed E-state index contributed by atoms with van der Waals surface area (Å²) < 4.78 is 5.21. The van der Waals surface area contributed by atoms with Crippen molar-refractivity contribution in [2.45, 2.75) is 51.4 Å². The highest BCUT2D eigenvalue weighted by atomic mass is 16.5. The second kappa shape index (κ2) is 7.51. The van der Waals surface area contributed by atoms with Gasteiger partial charge in [-0.2, -0.15) is 4.98 Å². The number of nitrogens with zero attached hydrogens (tertiary/aromatic N) is 5. The summed E-state index contributed by atoms with van der Waals surface area (Å²) in [5.41, 5.74) is 1.01. The Balaban J connectivity index is 1.54. The van der Waals surface area contributed by atoms with Crippen LogP contribution in [0.5, 0.6) is 0 Å². The molecule has 0 aliphatic carbocycles. The van der Waals surface area contributed by atoms with E-state index in [-0.39, 0.29) is 11.8 Å². The molecule has 0 saturated carbocycles. The van der Waals surface area contributed by atoms with Gasteiger partial charge in [-0.15, -0.1) is 0 Å². The van der Waals surface area contributed by atoms with Crippen LogP contribution in [0.25, 0.3) is 0 Å². The number of likely N-dealkylation sites (tertiary alicyclic amines) is 1. The second-order valence-electron chi connectivity index (χ2n) is 6.51. The van der Waals surface area contributed by atoms with Crippen LogP contribution >= 0.6 is 0 Å². The number of rotatable bonds is 5. The van der Waals surface area contributed by atoms with E-state index < -0.39 is 0 Å². The Hall–Kier alpha value is -2.31. The lowest BCUT2D eigenvalue weighted by molar-refractivity contribution is -0.132. The first-order chi connectivity index (χ1) is 11.6. The predicted molar refractivity (Wildman–Crippen MR) is 87.3 cm³/mol. The first kappa shape index (κ1) is 16.5. The molecule has 7 heteroatoms. The van der Waals surface area contributed by atoms with Crippen LogP contribution in [0.1, 0.15) is 62.4 Å². The molecule has 2 aromatic rings. The van der Waals surface area contributed by atoms with E-state index in [0.717, 1.165) is 31.6 Å². The molecule has 0 N–H and O–H groups in total. The number of piperidine rings is 1. The van der Waals surface area contributed by atoms with E-state index in [9.17, 15) is 4.79 Å². The standard InChI is InChI=1S/C17H23N5O2/c1-12(2)17-20-15(24-21-17)5-6-16(23)22-9-3-4-13(10-22)14-7-8-18-11-19-14/h7-8,11-13H,3-6,9-10H2,1-2H3. The van der Waals surface area contributed by atoms with E-state index in [4.69, 9.17) is 4.52 Å². The van der Waals surface area contributed by atoms with Crippen molar-refractivity contribution in [2.75, 3.05) is 13.1 Å². The Morgan fingerprint density at radius 1 is 1.46 bits per heavy atom. The Morgan fingerprint density at radius 2 is 2.33 bits per heavy atom. The number of aromatic nitrogens is 4. The van der Waals surface area contributed by atoms with Crippen molar-refractivity contribution in [1.82, 2.24) is 25.0 Å². The maximum Gasteiger partial charge on any atom is 0.227 e. The highest BCUT2D eigenvalue weighted by Crippen LogP contribution is 2.25. The largest absolute Gasteiger partial charge is 0.342 e. The van der Waals surface area contributed by atoms with E-state index in [1.165, 1.54) is 0 Å². The molecule has 128 valence electrons. The van der Waals surface area contributed by atoms with Crippen molar-refractivity contribution in [3.05, 3.63) is 36.0 Å². The van der Waals surface area contributed by atoms with Crippen LogP contribution in [0.2, 0.25) is 0 Å². The number of aryl methyl sites for hydroxylation is 1. The molecule has 1 unspecified atom stereocenters. The van der Waals surface area contributed by atoms with Gasteiger partial charge in [-0.05, 0) is 18.9 Å². The molecular formula is C17H23N5O2. The van der Waals surface area contributed by atoms with Crippen molar-refractivity contribution >= 4 is 5.91 Å². The summed E-state index contributed by atoms with van der Waals surface area (Å²) in [6.45, 7) is 5.56. The van der Waals surface area contributed by atoms with Gasteiger partial charge in [0, 0.05) is 49.7 Å². The highest BCUT2D eigenvalue weighted by molar-refractivity contribution is 5.76. The van der Waals surface area contributed by atoms with Gasteiger partial charge in [-0.1, -0.05) is 19.0 Å². The second-order valence-corrected chi connectivity index (χ2v) is 6.51. The van der Waals surface area contributed by atoms with E-state index in [0.29, 0.717) is 30.5 Å². The normalized spacial score (nSPS) is 18.1. The maximum atomic E-state index is 12.5. The van der Waals surface area contributed by atoms with Gasteiger partial charge in [0.25, 0.3) is 0 Å². The lowest BCUT2D eigenvalue weighted by Crippen LogP contribution is -2.39. The smallest absolute Gasteiger partial charge is 0.227 e. The van der Waals surface area contributed by atoms with Gasteiger partial charge < -0.3 is 9.42 Å². The molecule has 7 nitrogen and oxygen atoms in total. The topological polar surface area (TPSA) is 85.0 Å². The molecule has 3 heterocycles. The molecular weight excluding hydrogens is 306 g/mol. The van der Waals surface area contributed by atoms with Gasteiger partial charge in [0.1, 0.15) is 6.33 Å². The first-order valence-electron chi connectivity index (χ1n) is 8.49.